The molecule has 0 spiro atoms. The zero-order chi connectivity index (χ0) is 13.6. The number of halogens is 1. The van der Waals surface area contributed by atoms with Crippen LogP contribution in [0.4, 0.5) is 0 Å². The first-order valence-electron chi connectivity index (χ1n) is 6.19. The van der Waals surface area contributed by atoms with Crippen LogP contribution in [0.25, 0.3) is 0 Å². The van der Waals surface area contributed by atoms with Gasteiger partial charge in [-0.1, -0.05) is 15.9 Å². The van der Waals surface area contributed by atoms with Gasteiger partial charge in [0.2, 0.25) is 0 Å². The van der Waals surface area contributed by atoms with Crippen LogP contribution in [0.15, 0.2) is 28.9 Å². The highest BCUT2D eigenvalue weighted by Crippen LogP contribution is 2.42. The lowest BCUT2D eigenvalue weighted by Crippen LogP contribution is -2.19. The van der Waals surface area contributed by atoms with E-state index in [9.17, 15) is 5.11 Å². The molecule has 2 heterocycles. The largest absolute Gasteiger partial charge is 0.485 e. The van der Waals surface area contributed by atoms with Gasteiger partial charge >= 0.3 is 0 Å². The number of aliphatic hydroxyl groups excluding tert-OH is 1. The molecule has 3 rings (SSSR count). The van der Waals surface area contributed by atoms with Crippen LogP contribution < -0.4 is 4.74 Å². The summed E-state index contributed by atoms with van der Waals surface area (Å²) in [6.07, 6.45) is 1.86. The number of aliphatic hydroxyl groups is 1. The number of aryl methyl sites for hydroxylation is 2. The molecule has 1 aromatic heterocycles. The maximum atomic E-state index is 10.3. The second-order valence-corrected chi connectivity index (χ2v) is 5.80. The summed E-state index contributed by atoms with van der Waals surface area (Å²) in [4.78, 5) is 0. The first kappa shape index (κ1) is 12.7. The zero-order valence-electron chi connectivity index (χ0n) is 10.8. The van der Waals surface area contributed by atoms with Crippen molar-refractivity contribution in [3.63, 3.8) is 0 Å². The van der Waals surface area contributed by atoms with Gasteiger partial charge < -0.3 is 9.84 Å². The Bertz CT molecular complexity index is 624. The van der Waals surface area contributed by atoms with Gasteiger partial charge in [0.05, 0.1) is 11.8 Å². The van der Waals surface area contributed by atoms with E-state index in [0.29, 0.717) is 6.42 Å². The van der Waals surface area contributed by atoms with Gasteiger partial charge in [0.25, 0.3) is 0 Å². The summed E-state index contributed by atoms with van der Waals surface area (Å²) in [7, 11) is 1.89. The molecular weight excluding hydrogens is 308 g/mol. The Morgan fingerprint density at radius 3 is 2.89 bits per heavy atom. The number of aromatic nitrogens is 2. The molecule has 1 N–H and O–H groups in total. The first-order chi connectivity index (χ1) is 9.04. The maximum Gasteiger partial charge on any atom is 0.130 e. The average Bonchev–Trinajstić information content (AvgIpc) is 2.69. The number of ether oxygens (including phenoxy) is 1. The van der Waals surface area contributed by atoms with Crippen molar-refractivity contribution in [2.24, 2.45) is 7.05 Å². The molecule has 4 nitrogen and oxygen atoms in total. The lowest BCUT2D eigenvalue weighted by atomic mass is 9.95. The molecule has 0 radical (unpaired) electrons. The molecule has 1 aliphatic heterocycles. The zero-order valence-corrected chi connectivity index (χ0v) is 12.4. The van der Waals surface area contributed by atoms with E-state index in [0.717, 1.165) is 27.0 Å². The van der Waals surface area contributed by atoms with E-state index in [-0.39, 0.29) is 6.10 Å². The molecule has 0 fully saturated rings. The molecule has 0 amide bonds. The Labute approximate surface area is 120 Å². The molecule has 2 aromatic rings. The molecular formula is C14H15BrN2O2. The van der Waals surface area contributed by atoms with Crippen molar-refractivity contribution < 1.29 is 9.84 Å². The van der Waals surface area contributed by atoms with Gasteiger partial charge in [-0.3, -0.25) is 4.68 Å². The molecule has 19 heavy (non-hydrogen) atoms. The molecule has 1 unspecified atom stereocenters. The van der Waals surface area contributed by atoms with Gasteiger partial charge in [0.15, 0.2) is 0 Å². The SMILES string of the molecule is Cc1nn(C)cc1C1C[C@H](O)c2cc(Br)ccc2O1. The fraction of sp³-hybridized carbons (Fsp3) is 0.357. The molecule has 0 bridgehead atoms. The standard InChI is InChI=1S/C14H15BrN2O2/c1-8-11(7-17(2)16-8)14-6-12(18)10-5-9(15)3-4-13(10)19-14/h3-5,7,12,14,18H,6H2,1-2H3/t12-,14?/m0/s1. The van der Waals surface area contributed by atoms with Crippen LogP contribution >= 0.6 is 15.9 Å². The molecule has 1 aromatic carbocycles. The Morgan fingerprint density at radius 2 is 2.21 bits per heavy atom. The Hall–Kier alpha value is -1.33. The van der Waals surface area contributed by atoms with Crippen molar-refractivity contribution in [1.82, 2.24) is 9.78 Å². The first-order valence-corrected chi connectivity index (χ1v) is 6.98. The predicted octanol–water partition coefficient (Wildman–Crippen LogP) is 3.05. The molecule has 0 aliphatic carbocycles. The lowest BCUT2D eigenvalue weighted by molar-refractivity contribution is 0.0654. The van der Waals surface area contributed by atoms with Crippen LogP contribution in [0.3, 0.4) is 0 Å². The van der Waals surface area contributed by atoms with Gasteiger partial charge in [0, 0.05) is 35.3 Å². The van der Waals surface area contributed by atoms with Crippen LogP contribution in [-0.2, 0) is 7.05 Å². The quantitative estimate of drug-likeness (QED) is 0.877. The van der Waals surface area contributed by atoms with E-state index in [1.54, 1.807) is 4.68 Å². The van der Waals surface area contributed by atoms with Gasteiger partial charge in [-0.2, -0.15) is 5.10 Å². The van der Waals surface area contributed by atoms with Crippen LogP contribution in [0.5, 0.6) is 5.75 Å². The van der Waals surface area contributed by atoms with E-state index in [1.165, 1.54) is 0 Å². The van der Waals surface area contributed by atoms with Gasteiger partial charge in [-0.25, -0.2) is 0 Å². The maximum absolute atomic E-state index is 10.3. The highest BCUT2D eigenvalue weighted by molar-refractivity contribution is 9.10. The average molecular weight is 323 g/mol. The van der Waals surface area contributed by atoms with E-state index in [1.807, 2.05) is 38.4 Å². The number of rotatable bonds is 1. The van der Waals surface area contributed by atoms with Crippen molar-refractivity contribution in [3.05, 3.63) is 45.7 Å². The fourth-order valence-corrected chi connectivity index (χ4v) is 2.92. The van der Waals surface area contributed by atoms with E-state index in [4.69, 9.17) is 4.74 Å². The van der Waals surface area contributed by atoms with Crippen molar-refractivity contribution in [2.75, 3.05) is 0 Å². The Balaban J connectivity index is 1.97. The van der Waals surface area contributed by atoms with E-state index < -0.39 is 6.10 Å². The molecule has 0 saturated carbocycles. The minimum absolute atomic E-state index is 0.141. The van der Waals surface area contributed by atoms with Crippen molar-refractivity contribution in [2.45, 2.75) is 25.6 Å². The smallest absolute Gasteiger partial charge is 0.130 e. The summed E-state index contributed by atoms with van der Waals surface area (Å²) < 4.78 is 8.73. The fourth-order valence-electron chi connectivity index (χ4n) is 2.54. The van der Waals surface area contributed by atoms with Crippen molar-refractivity contribution in [1.29, 1.82) is 0 Å². The third kappa shape index (κ3) is 2.28. The number of benzene rings is 1. The number of hydrogen-bond donors (Lipinski definition) is 1. The van der Waals surface area contributed by atoms with Crippen LogP contribution in [0.2, 0.25) is 0 Å². The van der Waals surface area contributed by atoms with Crippen LogP contribution in [0, 0.1) is 6.92 Å². The second-order valence-electron chi connectivity index (χ2n) is 4.88. The molecule has 0 saturated heterocycles. The highest BCUT2D eigenvalue weighted by Gasteiger charge is 2.30. The summed E-state index contributed by atoms with van der Waals surface area (Å²) in [6, 6.07) is 5.72. The monoisotopic (exact) mass is 322 g/mol. The lowest BCUT2D eigenvalue weighted by Gasteiger charge is -2.29. The van der Waals surface area contributed by atoms with E-state index in [2.05, 4.69) is 21.0 Å². The number of nitrogens with zero attached hydrogens (tertiary/aromatic N) is 2. The van der Waals surface area contributed by atoms with Gasteiger partial charge in [0.1, 0.15) is 11.9 Å². The molecule has 2 atom stereocenters. The Kier molecular flexibility index (Phi) is 3.11. The summed E-state index contributed by atoms with van der Waals surface area (Å²) in [5.74, 6) is 0.746. The predicted molar refractivity (Wildman–Crippen MR) is 75.0 cm³/mol. The summed E-state index contributed by atoms with van der Waals surface area (Å²) >= 11 is 3.41. The molecule has 1 aliphatic rings. The summed E-state index contributed by atoms with van der Waals surface area (Å²) in [5.41, 5.74) is 2.82. The Morgan fingerprint density at radius 1 is 1.42 bits per heavy atom. The third-order valence-corrected chi connectivity index (χ3v) is 3.93. The number of hydrogen-bond acceptors (Lipinski definition) is 3. The van der Waals surface area contributed by atoms with Crippen molar-refractivity contribution >= 4 is 15.9 Å². The summed E-state index contributed by atoms with van der Waals surface area (Å²) in [6.45, 7) is 1.96. The highest BCUT2D eigenvalue weighted by atomic mass is 79.9. The molecule has 100 valence electrons. The topological polar surface area (TPSA) is 47.3 Å². The van der Waals surface area contributed by atoms with Gasteiger partial charge in [-0.05, 0) is 25.1 Å². The second kappa shape index (κ2) is 4.65. The normalized spacial score (nSPS) is 21.9. The van der Waals surface area contributed by atoms with Crippen molar-refractivity contribution in [3.8, 4) is 5.75 Å². The number of fused-ring (bicyclic) bond motifs is 1. The third-order valence-electron chi connectivity index (χ3n) is 3.44. The summed E-state index contributed by atoms with van der Waals surface area (Å²) in [5, 5.41) is 14.6. The van der Waals surface area contributed by atoms with Gasteiger partial charge in [-0.15, -0.1) is 0 Å². The van der Waals surface area contributed by atoms with E-state index >= 15 is 0 Å². The minimum atomic E-state index is -0.508. The van der Waals surface area contributed by atoms with Crippen LogP contribution in [0.1, 0.15) is 35.4 Å². The van der Waals surface area contributed by atoms with Crippen LogP contribution in [-0.4, -0.2) is 14.9 Å². The molecule has 5 heteroatoms. The minimum Gasteiger partial charge on any atom is -0.485 e.